The average molecular weight is 416 g/mol. The first-order chi connectivity index (χ1) is 14.6. The lowest BCUT2D eigenvalue weighted by molar-refractivity contribution is -0.575. The van der Waals surface area contributed by atoms with Crippen LogP contribution in [-0.4, -0.2) is 45.1 Å². The van der Waals surface area contributed by atoms with E-state index in [2.05, 4.69) is 5.10 Å². The summed E-state index contributed by atoms with van der Waals surface area (Å²) in [4.78, 5) is 24.8. The van der Waals surface area contributed by atoms with Gasteiger partial charge in [0.1, 0.15) is 0 Å². The Morgan fingerprint density at radius 2 is 2.13 bits per heavy atom. The largest absolute Gasteiger partial charge is 0.415 e. The van der Waals surface area contributed by atoms with Crippen LogP contribution >= 0.6 is 0 Å². The number of ether oxygens (including phenoxy) is 3. The first-order valence-corrected chi connectivity index (χ1v) is 10.0. The van der Waals surface area contributed by atoms with Crippen LogP contribution in [0, 0.1) is 10.1 Å². The van der Waals surface area contributed by atoms with Crippen LogP contribution in [0.1, 0.15) is 42.4 Å². The van der Waals surface area contributed by atoms with E-state index in [1.165, 1.54) is 4.90 Å². The van der Waals surface area contributed by atoms with Crippen LogP contribution in [0.4, 0.5) is 4.79 Å². The smallest absolute Gasteiger partial charge is 0.377 e. The van der Waals surface area contributed by atoms with Crippen LogP contribution < -0.4 is 0 Å². The zero-order valence-corrected chi connectivity index (χ0v) is 16.5. The number of hydrogen-bond donors (Lipinski definition) is 0. The van der Waals surface area contributed by atoms with Crippen molar-refractivity contribution < 1.29 is 23.9 Å². The maximum absolute atomic E-state index is 12.6. The predicted octanol–water partition coefficient (Wildman–Crippen LogP) is 2.85. The zero-order valence-electron chi connectivity index (χ0n) is 16.5. The van der Waals surface area contributed by atoms with Crippen LogP contribution in [0.25, 0.3) is 0 Å². The van der Waals surface area contributed by atoms with Gasteiger partial charge in [-0.2, -0.15) is 5.10 Å². The summed E-state index contributed by atoms with van der Waals surface area (Å²) in [7, 11) is 0. The van der Waals surface area contributed by atoms with Gasteiger partial charge in [0, 0.05) is 13.2 Å². The summed E-state index contributed by atoms with van der Waals surface area (Å²) in [5.41, 5.74) is 1.92. The third-order valence-corrected chi connectivity index (χ3v) is 5.15. The summed E-state index contributed by atoms with van der Waals surface area (Å²) >= 11 is 0. The number of aromatic nitrogens is 2. The van der Waals surface area contributed by atoms with Crippen molar-refractivity contribution in [1.82, 2.24) is 14.7 Å². The molecule has 1 saturated heterocycles. The summed E-state index contributed by atoms with van der Waals surface area (Å²) in [6.07, 6.45) is 0.584. The molecule has 2 atom stereocenters. The van der Waals surface area contributed by atoms with Gasteiger partial charge >= 0.3 is 12.3 Å². The predicted molar refractivity (Wildman–Crippen MR) is 104 cm³/mol. The van der Waals surface area contributed by atoms with Crippen molar-refractivity contribution in [3.63, 3.8) is 0 Å². The van der Waals surface area contributed by atoms with Gasteiger partial charge in [0.15, 0.2) is 6.29 Å². The Balaban J connectivity index is 1.35. The number of carbonyl (C=O) groups excluding carboxylic acids is 1. The van der Waals surface area contributed by atoms with E-state index in [0.29, 0.717) is 25.3 Å². The van der Waals surface area contributed by atoms with Gasteiger partial charge in [-0.15, -0.1) is 0 Å². The summed E-state index contributed by atoms with van der Waals surface area (Å²) < 4.78 is 18.4. The monoisotopic (exact) mass is 416 g/mol. The Kier molecular flexibility index (Phi) is 6.24. The first kappa shape index (κ1) is 20.3. The topological polar surface area (TPSA) is 109 Å². The molecule has 1 amide bonds. The Labute approximate surface area is 173 Å². The number of carbonyl (C=O) groups is 1. The molecule has 10 nitrogen and oxygen atoms in total. The molecule has 2 aliphatic heterocycles. The molecular weight excluding hydrogens is 392 g/mol. The highest BCUT2D eigenvalue weighted by Gasteiger charge is 2.31. The van der Waals surface area contributed by atoms with Crippen LogP contribution in [-0.2, 0) is 33.9 Å². The van der Waals surface area contributed by atoms with E-state index < -0.39 is 17.2 Å². The van der Waals surface area contributed by atoms with E-state index in [0.717, 1.165) is 37.3 Å². The van der Waals surface area contributed by atoms with Gasteiger partial charge in [0.2, 0.25) is 0 Å². The summed E-state index contributed by atoms with van der Waals surface area (Å²) in [5.74, 6) is 0. The highest BCUT2D eigenvalue weighted by molar-refractivity contribution is 5.68. The van der Waals surface area contributed by atoms with Crippen molar-refractivity contribution >= 4 is 6.09 Å². The fourth-order valence-corrected chi connectivity index (χ4v) is 3.59. The fourth-order valence-electron chi connectivity index (χ4n) is 3.59. The quantitative estimate of drug-likeness (QED) is 0.405. The van der Waals surface area contributed by atoms with Gasteiger partial charge in [0.25, 0.3) is 0 Å². The van der Waals surface area contributed by atoms with Crippen molar-refractivity contribution in [3.05, 3.63) is 63.5 Å². The molecular formula is C20H24N4O6. The van der Waals surface area contributed by atoms with Gasteiger partial charge in [-0.25, -0.2) is 4.79 Å². The molecule has 1 fully saturated rings. The SMILES string of the molecule is O=C(OC(c1ccccc1)[N+](=O)[O-])N1CCn2nc(COC3CCCCO3)cc2C1. The number of nitro groups is 1. The molecule has 2 unspecified atom stereocenters. The summed E-state index contributed by atoms with van der Waals surface area (Å²) in [6, 6.07) is 10.1. The molecule has 0 N–H and O–H groups in total. The Morgan fingerprint density at radius 1 is 1.30 bits per heavy atom. The standard InChI is InChI=1S/C20H24N4O6/c25-20(30-19(24(26)27)15-6-2-1-3-7-15)22-9-10-23-17(13-22)12-16(21-23)14-29-18-8-4-5-11-28-18/h1-3,6-7,12,18-19H,4-5,8-11,13-14H2. The maximum atomic E-state index is 12.6. The number of amides is 1. The van der Waals surface area contributed by atoms with Gasteiger partial charge < -0.3 is 19.1 Å². The van der Waals surface area contributed by atoms with Gasteiger partial charge in [0.05, 0.1) is 41.6 Å². The van der Waals surface area contributed by atoms with Crippen molar-refractivity contribution in [2.24, 2.45) is 0 Å². The molecule has 2 aromatic rings. The van der Waals surface area contributed by atoms with E-state index in [9.17, 15) is 14.9 Å². The molecule has 3 heterocycles. The van der Waals surface area contributed by atoms with E-state index in [-0.39, 0.29) is 12.8 Å². The van der Waals surface area contributed by atoms with Crippen LogP contribution in [0.2, 0.25) is 0 Å². The lowest BCUT2D eigenvalue weighted by Crippen LogP contribution is -2.39. The van der Waals surface area contributed by atoms with Gasteiger partial charge in [-0.1, -0.05) is 18.2 Å². The maximum Gasteiger partial charge on any atom is 0.415 e. The molecule has 0 radical (unpaired) electrons. The minimum atomic E-state index is -1.54. The molecule has 4 rings (SSSR count). The molecule has 1 aromatic carbocycles. The molecule has 2 aliphatic rings. The summed E-state index contributed by atoms with van der Waals surface area (Å²) in [6.45, 7) is 2.17. The minimum Gasteiger partial charge on any atom is -0.377 e. The second-order valence-electron chi connectivity index (χ2n) is 7.31. The van der Waals surface area contributed by atoms with Crippen molar-refractivity contribution in [3.8, 4) is 0 Å². The fraction of sp³-hybridized carbons (Fsp3) is 0.500. The van der Waals surface area contributed by atoms with E-state index in [1.54, 1.807) is 30.3 Å². The third kappa shape index (κ3) is 4.77. The van der Waals surface area contributed by atoms with Crippen molar-refractivity contribution in [1.29, 1.82) is 0 Å². The second-order valence-corrected chi connectivity index (χ2v) is 7.31. The van der Waals surface area contributed by atoms with E-state index >= 15 is 0 Å². The number of fused-ring (bicyclic) bond motifs is 1. The number of benzene rings is 1. The average Bonchev–Trinajstić information content (AvgIpc) is 3.19. The van der Waals surface area contributed by atoms with E-state index in [1.807, 2.05) is 10.7 Å². The van der Waals surface area contributed by atoms with Crippen molar-refractivity contribution in [2.45, 2.75) is 51.5 Å². The molecule has 30 heavy (non-hydrogen) atoms. The van der Waals surface area contributed by atoms with Crippen molar-refractivity contribution in [2.75, 3.05) is 13.2 Å². The van der Waals surface area contributed by atoms with Gasteiger partial charge in [-0.3, -0.25) is 14.8 Å². The van der Waals surface area contributed by atoms with E-state index in [4.69, 9.17) is 14.2 Å². The Hall–Kier alpha value is -2.98. The number of nitrogens with zero attached hydrogens (tertiary/aromatic N) is 4. The Bertz CT molecular complexity index is 881. The molecule has 0 saturated carbocycles. The lowest BCUT2D eigenvalue weighted by Gasteiger charge is -2.27. The summed E-state index contributed by atoms with van der Waals surface area (Å²) in [5, 5.41) is 15.9. The molecule has 0 spiro atoms. The molecule has 10 heteroatoms. The second kappa shape index (κ2) is 9.23. The molecule has 0 bridgehead atoms. The molecule has 160 valence electrons. The third-order valence-electron chi connectivity index (χ3n) is 5.15. The lowest BCUT2D eigenvalue weighted by atomic mass is 10.2. The zero-order chi connectivity index (χ0) is 20.9. The molecule has 0 aliphatic carbocycles. The minimum absolute atomic E-state index is 0.194. The molecule has 1 aromatic heterocycles. The van der Waals surface area contributed by atoms with Crippen LogP contribution in [0.5, 0.6) is 0 Å². The van der Waals surface area contributed by atoms with Crippen LogP contribution in [0.3, 0.4) is 0 Å². The first-order valence-electron chi connectivity index (χ1n) is 10.0. The Morgan fingerprint density at radius 3 is 2.87 bits per heavy atom. The normalized spacial score (nSPS) is 19.7. The van der Waals surface area contributed by atoms with Gasteiger partial charge in [-0.05, 0) is 37.5 Å². The number of hydrogen-bond acceptors (Lipinski definition) is 7. The number of rotatable bonds is 6. The highest BCUT2D eigenvalue weighted by Crippen LogP contribution is 2.22. The van der Waals surface area contributed by atoms with Crippen LogP contribution in [0.15, 0.2) is 36.4 Å². The highest BCUT2D eigenvalue weighted by atomic mass is 16.7.